The maximum absolute atomic E-state index is 12.2. The Labute approximate surface area is 130 Å². The summed E-state index contributed by atoms with van der Waals surface area (Å²) in [5, 5.41) is 5.93. The van der Waals surface area contributed by atoms with Crippen molar-refractivity contribution in [1.82, 2.24) is 15.3 Å². The number of ether oxygens (including phenoxy) is 1. The molecule has 0 aromatic carbocycles. The molecule has 0 aliphatic carbocycles. The lowest BCUT2D eigenvalue weighted by Crippen LogP contribution is -2.21. The lowest BCUT2D eigenvalue weighted by molar-refractivity contribution is 0.0958. The van der Waals surface area contributed by atoms with Crippen LogP contribution in [0.15, 0.2) is 18.3 Å². The molecule has 1 aliphatic rings. The van der Waals surface area contributed by atoms with Crippen molar-refractivity contribution in [3.05, 3.63) is 34.5 Å². The van der Waals surface area contributed by atoms with E-state index in [1.807, 2.05) is 0 Å². The molecule has 114 valence electrons. The summed E-state index contributed by atoms with van der Waals surface area (Å²) in [5.41, 5.74) is 1.14. The Morgan fingerprint density at radius 3 is 3.05 bits per heavy atom. The van der Waals surface area contributed by atoms with Gasteiger partial charge in [-0.05, 0) is 18.9 Å². The Hall–Kier alpha value is -2.48. The Kier molecular flexibility index (Phi) is 4.01. The van der Waals surface area contributed by atoms with E-state index in [2.05, 4.69) is 20.6 Å². The number of nitrogens with zero attached hydrogens (tertiary/aromatic N) is 2. The number of hydrogen-bond donors (Lipinski definition) is 2. The number of methoxy groups -OCH3 is 1. The summed E-state index contributed by atoms with van der Waals surface area (Å²) < 4.78 is 4.95. The number of pyridine rings is 1. The van der Waals surface area contributed by atoms with Gasteiger partial charge in [-0.1, -0.05) is 11.3 Å². The van der Waals surface area contributed by atoms with Gasteiger partial charge in [-0.25, -0.2) is 9.97 Å². The second-order valence-corrected chi connectivity index (χ2v) is 5.70. The number of amides is 2. The van der Waals surface area contributed by atoms with E-state index in [4.69, 9.17) is 4.74 Å². The molecule has 0 radical (unpaired) electrons. The van der Waals surface area contributed by atoms with Crippen molar-refractivity contribution in [2.75, 3.05) is 19.0 Å². The maximum atomic E-state index is 12.2. The summed E-state index contributed by atoms with van der Waals surface area (Å²) in [6.45, 7) is 0.654. The van der Waals surface area contributed by atoms with E-state index in [1.54, 1.807) is 12.1 Å². The standard InChI is InChI=1S/C14H14N4O3S/c1-21-10-5-4-8(7-16-10)12(19)18-14-17-9-3-2-6-15-13(20)11(9)22-14/h4-5,7H,2-3,6H2,1H3,(H,15,20)(H,17,18,19). The van der Waals surface area contributed by atoms with E-state index >= 15 is 0 Å². The quantitative estimate of drug-likeness (QED) is 0.894. The molecular weight excluding hydrogens is 304 g/mol. The zero-order valence-electron chi connectivity index (χ0n) is 11.9. The zero-order chi connectivity index (χ0) is 15.5. The first kappa shape index (κ1) is 14.5. The minimum Gasteiger partial charge on any atom is -0.481 e. The fourth-order valence-electron chi connectivity index (χ4n) is 2.09. The SMILES string of the molecule is COc1ccc(C(=O)Nc2nc3c(s2)C(=O)NCCC3)cn1. The van der Waals surface area contributed by atoms with Crippen molar-refractivity contribution >= 4 is 28.3 Å². The molecule has 1 aliphatic heterocycles. The first-order valence-electron chi connectivity index (χ1n) is 6.76. The van der Waals surface area contributed by atoms with Crippen LogP contribution in [0.5, 0.6) is 5.88 Å². The van der Waals surface area contributed by atoms with Crippen molar-refractivity contribution in [3.8, 4) is 5.88 Å². The molecule has 2 aromatic heterocycles. The highest BCUT2D eigenvalue weighted by molar-refractivity contribution is 7.17. The van der Waals surface area contributed by atoms with E-state index in [-0.39, 0.29) is 11.8 Å². The number of carbonyl (C=O) groups is 2. The Balaban J connectivity index is 1.76. The Morgan fingerprint density at radius 1 is 1.45 bits per heavy atom. The van der Waals surface area contributed by atoms with Gasteiger partial charge in [0, 0.05) is 18.8 Å². The van der Waals surface area contributed by atoms with Crippen LogP contribution in [0.3, 0.4) is 0 Å². The van der Waals surface area contributed by atoms with Crippen LogP contribution in [0.4, 0.5) is 5.13 Å². The molecule has 0 spiro atoms. The highest BCUT2D eigenvalue weighted by Gasteiger charge is 2.21. The number of rotatable bonds is 3. The molecule has 0 atom stereocenters. The molecule has 0 bridgehead atoms. The molecule has 2 amide bonds. The summed E-state index contributed by atoms with van der Waals surface area (Å²) in [6, 6.07) is 3.23. The predicted octanol–water partition coefficient (Wildman–Crippen LogP) is 1.47. The van der Waals surface area contributed by atoms with Gasteiger partial charge in [0.25, 0.3) is 11.8 Å². The summed E-state index contributed by atoms with van der Waals surface area (Å²) >= 11 is 1.19. The fraction of sp³-hybridized carbons (Fsp3) is 0.286. The topological polar surface area (TPSA) is 93.2 Å². The van der Waals surface area contributed by atoms with E-state index in [9.17, 15) is 9.59 Å². The second-order valence-electron chi connectivity index (χ2n) is 4.70. The van der Waals surface area contributed by atoms with E-state index in [1.165, 1.54) is 24.6 Å². The average molecular weight is 318 g/mol. The van der Waals surface area contributed by atoms with Crippen LogP contribution in [0.25, 0.3) is 0 Å². The number of fused-ring (bicyclic) bond motifs is 1. The number of nitrogens with one attached hydrogen (secondary N) is 2. The minimum absolute atomic E-state index is 0.128. The summed E-state index contributed by atoms with van der Waals surface area (Å²) in [7, 11) is 1.51. The van der Waals surface area contributed by atoms with Gasteiger partial charge in [0.05, 0.1) is 18.4 Å². The van der Waals surface area contributed by atoms with Crippen molar-refractivity contribution < 1.29 is 14.3 Å². The van der Waals surface area contributed by atoms with Gasteiger partial charge in [-0.2, -0.15) is 0 Å². The van der Waals surface area contributed by atoms with Gasteiger partial charge < -0.3 is 10.1 Å². The molecule has 2 aromatic rings. The Bertz CT molecular complexity index is 711. The monoisotopic (exact) mass is 318 g/mol. The van der Waals surface area contributed by atoms with Gasteiger partial charge in [-0.3, -0.25) is 14.9 Å². The fourth-order valence-corrected chi connectivity index (χ4v) is 3.02. The molecule has 0 unspecified atom stereocenters. The van der Waals surface area contributed by atoms with Gasteiger partial charge in [0.15, 0.2) is 5.13 Å². The van der Waals surface area contributed by atoms with Gasteiger partial charge >= 0.3 is 0 Å². The maximum Gasteiger partial charge on any atom is 0.263 e. The first-order valence-corrected chi connectivity index (χ1v) is 7.58. The van der Waals surface area contributed by atoms with Crippen LogP contribution in [0, 0.1) is 0 Å². The van der Waals surface area contributed by atoms with Crippen LogP contribution in [0.1, 0.15) is 32.1 Å². The van der Waals surface area contributed by atoms with Gasteiger partial charge in [0.2, 0.25) is 5.88 Å². The normalized spacial score (nSPS) is 13.8. The highest BCUT2D eigenvalue weighted by Crippen LogP contribution is 2.26. The van der Waals surface area contributed by atoms with Crippen molar-refractivity contribution in [1.29, 1.82) is 0 Å². The van der Waals surface area contributed by atoms with E-state index in [0.29, 0.717) is 28.0 Å². The third-order valence-electron chi connectivity index (χ3n) is 3.21. The molecule has 0 saturated carbocycles. The smallest absolute Gasteiger partial charge is 0.263 e. The second kappa shape index (κ2) is 6.10. The molecule has 8 heteroatoms. The highest BCUT2D eigenvalue weighted by atomic mass is 32.1. The van der Waals surface area contributed by atoms with Crippen LogP contribution in [0.2, 0.25) is 0 Å². The zero-order valence-corrected chi connectivity index (χ0v) is 12.7. The predicted molar refractivity (Wildman–Crippen MR) is 81.5 cm³/mol. The molecule has 0 fully saturated rings. The minimum atomic E-state index is -0.320. The third kappa shape index (κ3) is 2.91. The molecule has 22 heavy (non-hydrogen) atoms. The third-order valence-corrected chi connectivity index (χ3v) is 4.22. The number of carbonyl (C=O) groups excluding carboxylic acids is 2. The lowest BCUT2D eigenvalue weighted by atomic mass is 10.2. The molecule has 2 N–H and O–H groups in total. The average Bonchev–Trinajstić information content (AvgIpc) is 2.86. The number of aromatic nitrogens is 2. The number of thiazole rings is 1. The van der Waals surface area contributed by atoms with Gasteiger partial charge in [-0.15, -0.1) is 0 Å². The number of anilines is 1. The van der Waals surface area contributed by atoms with Crippen LogP contribution < -0.4 is 15.4 Å². The summed E-state index contributed by atoms with van der Waals surface area (Å²) in [5.74, 6) is -0.00901. The summed E-state index contributed by atoms with van der Waals surface area (Å²) in [4.78, 5) is 32.9. The number of hydrogen-bond acceptors (Lipinski definition) is 6. The van der Waals surface area contributed by atoms with Crippen molar-refractivity contribution in [3.63, 3.8) is 0 Å². The molecule has 0 saturated heterocycles. The summed E-state index contributed by atoms with van der Waals surface area (Å²) in [6.07, 6.45) is 3.00. The molecular formula is C14H14N4O3S. The lowest BCUT2D eigenvalue weighted by Gasteiger charge is -2.02. The molecule has 3 heterocycles. The van der Waals surface area contributed by atoms with Crippen LogP contribution in [-0.2, 0) is 6.42 Å². The van der Waals surface area contributed by atoms with Crippen LogP contribution >= 0.6 is 11.3 Å². The van der Waals surface area contributed by atoms with Crippen LogP contribution in [-0.4, -0.2) is 35.4 Å². The van der Waals surface area contributed by atoms with Crippen molar-refractivity contribution in [2.24, 2.45) is 0 Å². The Morgan fingerprint density at radius 2 is 2.32 bits per heavy atom. The molecule has 3 rings (SSSR count). The first-order chi connectivity index (χ1) is 10.7. The largest absolute Gasteiger partial charge is 0.481 e. The van der Waals surface area contributed by atoms with Gasteiger partial charge in [0.1, 0.15) is 4.88 Å². The molecule has 7 nitrogen and oxygen atoms in total. The van der Waals surface area contributed by atoms with E-state index < -0.39 is 0 Å². The van der Waals surface area contributed by atoms with E-state index in [0.717, 1.165) is 18.5 Å². The van der Waals surface area contributed by atoms with Crippen molar-refractivity contribution in [2.45, 2.75) is 12.8 Å². The number of aryl methyl sites for hydroxylation is 1.